The number of ether oxygens (including phenoxy) is 1. The Labute approximate surface area is 141 Å². The van der Waals surface area contributed by atoms with Crippen LogP contribution < -0.4 is 5.32 Å². The van der Waals surface area contributed by atoms with Gasteiger partial charge in [-0.3, -0.25) is 4.90 Å². The zero-order chi connectivity index (χ0) is 16.6. The first-order valence-electron chi connectivity index (χ1n) is 8.45. The predicted molar refractivity (Wildman–Crippen MR) is 88.6 cm³/mol. The summed E-state index contributed by atoms with van der Waals surface area (Å²) in [5.74, 6) is 1.59. The van der Waals surface area contributed by atoms with Gasteiger partial charge in [0.05, 0.1) is 23.9 Å². The third kappa shape index (κ3) is 3.01. The second-order valence-electron chi connectivity index (χ2n) is 6.88. The van der Waals surface area contributed by atoms with E-state index < -0.39 is 0 Å². The van der Waals surface area contributed by atoms with Crippen molar-refractivity contribution in [1.82, 2.24) is 20.0 Å². The van der Waals surface area contributed by atoms with Gasteiger partial charge in [0.25, 0.3) is 0 Å². The summed E-state index contributed by atoms with van der Waals surface area (Å²) in [6.45, 7) is 7.56. The van der Waals surface area contributed by atoms with Crippen LogP contribution in [-0.4, -0.2) is 51.4 Å². The van der Waals surface area contributed by atoms with Crippen LogP contribution in [0.1, 0.15) is 29.9 Å². The van der Waals surface area contributed by atoms with E-state index in [1.54, 1.807) is 12.4 Å². The Bertz CT molecular complexity index is 685. The van der Waals surface area contributed by atoms with Gasteiger partial charge in [0.15, 0.2) is 0 Å². The van der Waals surface area contributed by atoms with E-state index in [-0.39, 0.29) is 11.6 Å². The quantitative estimate of drug-likeness (QED) is 0.918. The maximum atomic E-state index is 6.20. The fraction of sp³-hybridized carbons (Fsp3) is 0.588. The van der Waals surface area contributed by atoms with Crippen molar-refractivity contribution in [2.75, 3.05) is 25.0 Å². The lowest BCUT2D eigenvalue weighted by Crippen LogP contribution is -2.33. The molecule has 0 saturated carbocycles. The van der Waals surface area contributed by atoms with Crippen LogP contribution in [0.5, 0.6) is 0 Å². The number of rotatable bonds is 4. The minimum Gasteiger partial charge on any atom is -0.371 e. The van der Waals surface area contributed by atoms with E-state index in [9.17, 15) is 0 Å². The second kappa shape index (κ2) is 6.14. The van der Waals surface area contributed by atoms with Gasteiger partial charge in [0.2, 0.25) is 5.95 Å². The molecule has 2 saturated heterocycles. The van der Waals surface area contributed by atoms with Gasteiger partial charge in [-0.2, -0.15) is 0 Å². The number of aromatic nitrogens is 3. The first kappa shape index (κ1) is 15.5. The second-order valence-corrected chi connectivity index (χ2v) is 6.88. The fourth-order valence-electron chi connectivity index (χ4n) is 3.79. The van der Waals surface area contributed by atoms with Crippen molar-refractivity contribution in [3.8, 4) is 0 Å². The van der Waals surface area contributed by atoms with Crippen molar-refractivity contribution in [3.05, 3.63) is 35.5 Å². The molecule has 24 heavy (non-hydrogen) atoms. The van der Waals surface area contributed by atoms with E-state index in [4.69, 9.17) is 9.26 Å². The van der Waals surface area contributed by atoms with Crippen molar-refractivity contribution in [2.45, 2.75) is 44.9 Å². The summed E-state index contributed by atoms with van der Waals surface area (Å²) in [6.07, 6.45) is 5.55. The summed E-state index contributed by atoms with van der Waals surface area (Å²) in [4.78, 5) is 10.9. The van der Waals surface area contributed by atoms with Crippen LogP contribution in [0, 0.1) is 13.8 Å². The minimum absolute atomic E-state index is 0.0502. The molecular weight excluding hydrogens is 306 g/mol. The van der Waals surface area contributed by atoms with Crippen molar-refractivity contribution in [2.24, 2.45) is 0 Å². The Morgan fingerprint density at radius 3 is 2.92 bits per heavy atom. The zero-order valence-corrected chi connectivity index (χ0v) is 14.2. The zero-order valence-electron chi connectivity index (χ0n) is 14.2. The highest BCUT2D eigenvalue weighted by Crippen LogP contribution is 2.36. The first-order chi connectivity index (χ1) is 11.6. The topological polar surface area (TPSA) is 76.3 Å². The maximum absolute atomic E-state index is 6.20. The number of nitrogens with one attached hydrogen (secondary N) is 1. The number of likely N-dealkylation sites (tertiary alicyclic amines) is 1. The molecule has 7 nitrogen and oxygen atoms in total. The molecule has 2 aromatic rings. The van der Waals surface area contributed by atoms with E-state index >= 15 is 0 Å². The summed E-state index contributed by atoms with van der Waals surface area (Å²) in [5.41, 5.74) is 2.14. The van der Waals surface area contributed by atoms with Gasteiger partial charge in [-0.1, -0.05) is 5.16 Å². The summed E-state index contributed by atoms with van der Waals surface area (Å²) in [7, 11) is 0. The number of hydrogen-bond donors (Lipinski definition) is 1. The van der Waals surface area contributed by atoms with Gasteiger partial charge in [-0.15, -0.1) is 0 Å². The number of aryl methyl sites for hydroxylation is 2. The van der Waals surface area contributed by atoms with Crippen LogP contribution in [-0.2, 0) is 11.3 Å². The standard InChI is InChI=1S/C17H23N5O2/c1-12-15(13(2)24-21-12)9-22-7-4-17(11-22)8-14(10-23-17)20-16-18-5-3-6-19-16/h3,5-6,14H,4,7-11H2,1-2H3,(H,18,19,20). The van der Waals surface area contributed by atoms with E-state index in [2.05, 4.69) is 25.3 Å². The van der Waals surface area contributed by atoms with Gasteiger partial charge in [0.1, 0.15) is 5.76 Å². The predicted octanol–water partition coefficient (Wildman–Crippen LogP) is 1.93. The molecule has 2 aliphatic heterocycles. The molecule has 2 atom stereocenters. The molecule has 2 aliphatic rings. The Hall–Kier alpha value is -1.99. The normalized spacial score (nSPS) is 27.2. The molecule has 4 rings (SSSR count). The molecule has 2 unspecified atom stereocenters. The first-order valence-corrected chi connectivity index (χ1v) is 8.45. The van der Waals surface area contributed by atoms with E-state index in [0.29, 0.717) is 12.6 Å². The van der Waals surface area contributed by atoms with Gasteiger partial charge < -0.3 is 14.6 Å². The largest absolute Gasteiger partial charge is 0.371 e. The van der Waals surface area contributed by atoms with Crippen LogP contribution in [0.3, 0.4) is 0 Å². The van der Waals surface area contributed by atoms with Crippen LogP contribution in [0.4, 0.5) is 5.95 Å². The number of hydrogen-bond acceptors (Lipinski definition) is 7. The summed E-state index contributed by atoms with van der Waals surface area (Å²) < 4.78 is 11.5. The Morgan fingerprint density at radius 2 is 2.17 bits per heavy atom. The highest BCUT2D eigenvalue weighted by atomic mass is 16.5. The highest BCUT2D eigenvalue weighted by Gasteiger charge is 2.45. The lowest BCUT2D eigenvalue weighted by Gasteiger charge is -2.23. The highest BCUT2D eigenvalue weighted by molar-refractivity contribution is 5.26. The van der Waals surface area contributed by atoms with Crippen LogP contribution in [0.15, 0.2) is 23.0 Å². The molecule has 0 bridgehead atoms. The van der Waals surface area contributed by atoms with E-state index in [0.717, 1.165) is 43.9 Å². The molecule has 4 heterocycles. The number of anilines is 1. The maximum Gasteiger partial charge on any atom is 0.222 e. The van der Waals surface area contributed by atoms with Gasteiger partial charge >= 0.3 is 0 Å². The van der Waals surface area contributed by atoms with Crippen molar-refractivity contribution in [3.63, 3.8) is 0 Å². The molecule has 2 fully saturated rings. The van der Waals surface area contributed by atoms with Gasteiger partial charge in [0, 0.05) is 44.0 Å². The molecule has 1 spiro atoms. The molecule has 0 amide bonds. The van der Waals surface area contributed by atoms with E-state index in [1.807, 2.05) is 19.9 Å². The number of nitrogens with zero attached hydrogens (tertiary/aromatic N) is 4. The smallest absolute Gasteiger partial charge is 0.222 e. The SMILES string of the molecule is Cc1noc(C)c1CN1CCC2(CC(Nc3ncccn3)CO2)C1. The molecular formula is C17H23N5O2. The monoisotopic (exact) mass is 329 g/mol. The van der Waals surface area contributed by atoms with Crippen molar-refractivity contribution in [1.29, 1.82) is 0 Å². The summed E-state index contributed by atoms with van der Waals surface area (Å²) in [6, 6.07) is 2.09. The fourth-order valence-corrected chi connectivity index (χ4v) is 3.79. The summed E-state index contributed by atoms with van der Waals surface area (Å²) >= 11 is 0. The molecule has 0 radical (unpaired) electrons. The third-order valence-electron chi connectivity index (χ3n) is 5.07. The molecule has 2 aromatic heterocycles. The molecule has 128 valence electrons. The average Bonchev–Trinajstić information content (AvgIpc) is 3.26. The average molecular weight is 329 g/mol. The van der Waals surface area contributed by atoms with Gasteiger partial charge in [-0.05, 0) is 26.3 Å². The lowest BCUT2D eigenvalue weighted by molar-refractivity contribution is 0.0119. The molecule has 1 N–H and O–H groups in total. The Balaban J connectivity index is 1.36. The lowest BCUT2D eigenvalue weighted by atomic mass is 9.97. The third-order valence-corrected chi connectivity index (χ3v) is 5.07. The molecule has 0 aliphatic carbocycles. The Kier molecular flexibility index (Phi) is 3.97. The molecule has 0 aromatic carbocycles. The molecule has 7 heteroatoms. The summed E-state index contributed by atoms with van der Waals surface area (Å²) in [5, 5.41) is 7.43. The van der Waals surface area contributed by atoms with Crippen LogP contribution >= 0.6 is 0 Å². The van der Waals surface area contributed by atoms with Gasteiger partial charge in [-0.25, -0.2) is 9.97 Å². The van der Waals surface area contributed by atoms with Crippen molar-refractivity contribution < 1.29 is 9.26 Å². The van der Waals surface area contributed by atoms with Crippen molar-refractivity contribution >= 4 is 5.95 Å². The van der Waals surface area contributed by atoms with Crippen LogP contribution in [0.25, 0.3) is 0 Å². The van der Waals surface area contributed by atoms with Crippen LogP contribution in [0.2, 0.25) is 0 Å². The minimum atomic E-state index is -0.0502. The van der Waals surface area contributed by atoms with E-state index in [1.165, 1.54) is 5.56 Å². The Morgan fingerprint density at radius 1 is 1.33 bits per heavy atom.